The van der Waals surface area contributed by atoms with Gasteiger partial charge in [0, 0.05) is 11.6 Å². The molecule has 2 aromatic heterocycles. The summed E-state index contributed by atoms with van der Waals surface area (Å²) in [5.41, 5.74) is 1.77. The van der Waals surface area contributed by atoms with Crippen molar-refractivity contribution in [3.63, 3.8) is 0 Å². The fourth-order valence-corrected chi connectivity index (χ4v) is 4.37. The molecular weight excluding hydrogens is 284 g/mol. The zero-order chi connectivity index (χ0) is 13.6. The molecule has 0 aliphatic heterocycles. The van der Waals surface area contributed by atoms with E-state index in [0.717, 1.165) is 29.0 Å². The van der Waals surface area contributed by atoms with E-state index in [4.69, 9.17) is 4.52 Å². The second-order valence-corrected chi connectivity index (χ2v) is 7.76. The van der Waals surface area contributed by atoms with Crippen molar-refractivity contribution in [2.45, 2.75) is 36.9 Å². The van der Waals surface area contributed by atoms with Crippen molar-refractivity contribution < 1.29 is 12.9 Å². The molecule has 19 heavy (non-hydrogen) atoms. The summed E-state index contributed by atoms with van der Waals surface area (Å²) in [6.07, 6.45) is 1.86. The van der Waals surface area contributed by atoms with Gasteiger partial charge in [0.25, 0.3) is 0 Å². The van der Waals surface area contributed by atoms with Gasteiger partial charge in [-0.25, -0.2) is 13.1 Å². The molecule has 0 spiro atoms. The molecule has 2 heterocycles. The number of rotatable bonds is 4. The lowest BCUT2D eigenvalue weighted by molar-refractivity contribution is 0.427. The Bertz CT molecular complexity index is 711. The summed E-state index contributed by atoms with van der Waals surface area (Å²) in [4.78, 5) is 0.786. The molecule has 0 unspecified atom stereocenters. The molecule has 1 aliphatic rings. The second-order valence-electron chi connectivity index (χ2n) is 4.74. The highest BCUT2D eigenvalue weighted by Crippen LogP contribution is 2.34. The quantitative estimate of drug-likeness (QED) is 0.941. The zero-order valence-corrected chi connectivity index (χ0v) is 12.3. The molecule has 1 saturated carbocycles. The van der Waals surface area contributed by atoms with E-state index < -0.39 is 10.0 Å². The Morgan fingerprint density at radius 3 is 2.68 bits per heavy atom. The van der Waals surface area contributed by atoms with Gasteiger partial charge in [-0.1, -0.05) is 5.16 Å². The molecule has 0 bridgehead atoms. The van der Waals surface area contributed by atoms with E-state index in [1.165, 1.54) is 11.3 Å². The number of aryl methyl sites for hydroxylation is 1. The van der Waals surface area contributed by atoms with Crippen LogP contribution in [0.5, 0.6) is 0 Å². The summed E-state index contributed by atoms with van der Waals surface area (Å²) in [6, 6.07) is 3.49. The predicted molar refractivity (Wildman–Crippen MR) is 72.6 cm³/mol. The third kappa shape index (κ3) is 2.45. The maximum absolute atomic E-state index is 12.1. The summed E-state index contributed by atoms with van der Waals surface area (Å²) in [5.74, 6) is 0.648. The smallest absolute Gasteiger partial charge is 0.250 e. The van der Waals surface area contributed by atoms with E-state index in [-0.39, 0.29) is 6.04 Å². The number of aromatic nitrogens is 1. The van der Waals surface area contributed by atoms with Crippen LogP contribution in [0.2, 0.25) is 0 Å². The van der Waals surface area contributed by atoms with Gasteiger partial charge in [-0.3, -0.25) is 0 Å². The van der Waals surface area contributed by atoms with E-state index in [0.29, 0.717) is 9.97 Å². The highest BCUT2D eigenvalue weighted by molar-refractivity contribution is 7.91. The van der Waals surface area contributed by atoms with Crippen molar-refractivity contribution in [2.75, 3.05) is 0 Å². The maximum atomic E-state index is 12.1. The van der Waals surface area contributed by atoms with E-state index in [1.54, 1.807) is 12.1 Å². The first-order chi connectivity index (χ1) is 8.97. The molecule has 1 N–H and O–H groups in total. The molecule has 0 atom stereocenters. The monoisotopic (exact) mass is 298 g/mol. The Morgan fingerprint density at radius 1 is 1.37 bits per heavy atom. The summed E-state index contributed by atoms with van der Waals surface area (Å²) < 4.78 is 32.4. The number of hydrogen-bond acceptors (Lipinski definition) is 5. The second kappa shape index (κ2) is 4.43. The average molecular weight is 298 g/mol. The first-order valence-corrected chi connectivity index (χ1v) is 8.33. The van der Waals surface area contributed by atoms with Crippen LogP contribution in [-0.4, -0.2) is 19.6 Å². The Morgan fingerprint density at radius 2 is 2.11 bits per heavy atom. The van der Waals surface area contributed by atoms with Crippen LogP contribution in [0.25, 0.3) is 10.6 Å². The van der Waals surface area contributed by atoms with E-state index in [9.17, 15) is 8.42 Å². The number of nitrogens with zero attached hydrogens (tertiary/aromatic N) is 1. The highest BCUT2D eigenvalue weighted by atomic mass is 32.2. The molecule has 3 rings (SSSR count). The lowest BCUT2D eigenvalue weighted by atomic mass is 10.2. The van der Waals surface area contributed by atoms with Gasteiger partial charge in [-0.2, -0.15) is 0 Å². The number of nitrogens with one attached hydrogen (secondary N) is 1. The van der Waals surface area contributed by atoms with Crippen LogP contribution >= 0.6 is 11.3 Å². The number of hydrogen-bond donors (Lipinski definition) is 1. The fourth-order valence-electron chi connectivity index (χ4n) is 1.71. The Balaban J connectivity index is 1.93. The van der Waals surface area contributed by atoms with Crippen LogP contribution in [0.15, 0.2) is 20.9 Å². The van der Waals surface area contributed by atoms with Crippen molar-refractivity contribution in [2.24, 2.45) is 0 Å². The van der Waals surface area contributed by atoms with Crippen LogP contribution in [-0.2, 0) is 10.0 Å². The van der Waals surface area contributed by atoms with Crippen LogP contribution in [0.3, 0.4) is 0 Å². The third-order valence-electron chi connectivity index (χ3n) is 3.13. The van der Waals surface area contributed by atoms with Crippen molar-refractivity contribution in [3.05, 3.63) is 23.4 Å². The van der Waals surface area contributed by atoms with Gasteiger partial charge in [0.05, 0.1) is 10.6 Å². The Hall–Kier alpha value is -1.18. The van der Waals surface area contributed by atoms with Crippen molar-refractivity contribution in [3.8, 4) is 10.6 Å². The minimum Gasteiger partial charge on any atom is -0.355 e. The minimum absolute atomic E-state index is 0.116. The SMILES string of the molecule is Cc1noc(-c2ccc(S(=O)(=O)NC3CC3)s2)c1C. The molecule has 102 valence electrons. The standard InChI is InChI=1S/C12H14N2O3S2/c1-7-8(2)13-17-12(7)10-5-6-11(18-10)19(15,16)14-9-3-4-9/h5-6,9,14H,3-4H2,1-2H3. The molecule has 0 saturated heterocycles. The lowest BCUT2D eigenvalue weighted by Crippen LogP contribution is -2.24. The Labute approximate surface area is 115 Å². The van der Waals surface area contributed by atoms with Gasteiger partial charge < -0.3 is 4.52 Å². The predicted octanol–water partition coefficient (Wildman–Crippen LogP) is 2.46. The summed E-state index contributed by atoms with van der Waals surface area (Å²) in [6.45, 7) is 3.78. The highest BCUT2D eigenvalue weighted by Gasteiger charge is 2.29. The number of thiophene rings is 1. The minimum atomic E-state index is -3.38. The van der Waals surface area contributed by atoms with Crippen LogP contribution < -0.4 is 4.72 Å². The van der Waals surface area contributed by atoms with Crippen molar-refractivity contribution in [1.82, 2.24) is 9.88 Å². The first-order valence-electron chi connectivity index (χ1n) is 6.03. The van der Waals surface area contributed by atoms with Gasteiger partial charge in [-0.05, 0) is 38.8 Å². The molecule has 7 heteroatoms. The van der Waals surface area contributed by atoms with Crippen molar-refractivity contribution in [1.29, 1.82) is 0 Å². The van der Waals surface area contributed by atoms with Gasteiger partial charge in [-0.15, -0.1) is 11.3 Å². The number of sulfonamides is 1. The molecular formula is C12H14N2O3S2. The third-order valence-corrected chi connectivity index (χ3v) is 6.22. The average Bonchev–Trinajstić information content (AvgIpc) is 2.89. The topological polar surface area (TPSA) is 72.2 Å². The molecule has 1 fully saturated rings. The largest absolute Gasteiger partial charge is 0.355 e. The summed E-state index contributed by atoms with van der Waals surface area (Å²) in [5, 5.41) is 3.89. The first kappa shape index (κ1) is 12.8. The van der Waals surface area contributed by atoms with E-state index in [1.807, 2.05) is 13.8 Å². The summed E-state index contributed by atoms with van der Waals surface area (Å²) in [7, 11) is -3.38. The van der Waals surface area contributed by atoms with Gasteiger partial charge in [0.15, 0.2) is 5.76 Å². The Kier molecular flexibility index (Phi) is 2.99. The molecule has 0 aromatic carbocycles. The van der Waals surface area contributed by atoms with Crippen LogP contribution in [0.1, 0.15) is 24.1 Å². The molecule has 0 amide bonds. The van der Waals surface area contributed by atoms with E-state index >= 15 is 0 Å². The van der Waals surface area contributed by atoms with Crippen LogP contribution in [0.4, 0.5) is 0 Å². The molecule has 0 radical (unpaired) electrons. The van der Waals surface area contributed by atoms with Gasteiger partial charge in [0.2, 0.25) is 10.0 Å². The maximum Gasteiger partial charge on any atom is 0.250 e. The van der Waals surface area contributed by atoms with Gasteiger partial charge in [0.1, 0.15) is 4.21 Å². The molecule has 2 aromatic rings. The fraction of sp³-hybridized carbons (Fsp3) is 0.417. The lowest BCUT2D eigenvalue weighted by Gasteiger charge is -2.01. The van der Waals surface area contributed by atoms with Crippen LogP contribution in [0, 0.1) is 13.8 Å². The molecule has 5 nitrogen and oxygen atoms in total. The zero-order valence-electron chi connectivity index (χ0n) is 10.6. The van der Waals surface area contributed by atoms with Crippen molar-refractivity contribution >= 4 is 21.4 Å². The normalized spacial score (nSPS) is 15.9. The van der Waals surface area contributed by atoms with Gasteiger partial charge >= 0.3 is 0 Å². The molecule has 1 aliphatic carbocycles. The summed E-state index contributed by atoms with van der Waals surface area (Å²) >= 11 is 1.21. The van der Waals surface area contributed by atoms with E-state index in [2.05, 4.69) is 9.88 Å².